The number of sulfonamides is 2. The molecule has 2 atom stereocenters. The number of hydrogen-bond donors (Lipinski definition) is 4. The Kier molecular flexibility index (Phi) is 10.5. The van der Waals surface area contributed by atoms with E-state index in [-0.39, 0.29) is 34.6 Å². The zero-order valence-electron chi connectivity index (χ0n) is 26.2. The van der Waals surface area contributed by atoms with E-state index in [0.717, 1.165) is 23.3 Å². The summed E-state index contributed by atoms with van der Waals surface area (Å²) in [6.07, 6.45) is -9.87. The van der Waals surface area contributed by atoms with E-state index in [1.807, 2.05) is 35.1 Å². The molecule has 0 unspecified atom stereocenters. The number of rotatable bonds is 8. The second kappa shape index (κ2) is 14.4. The lowest BCUT2D eigenvalue weighted by atomic mass is 10.0. The third kappa shape index (κ3) is 8.96. The van der Waals surface area contributed by atoms with E-state index in [0.29, 0.717) is 11.1 Å². The van der Waals surface area contributed by atoms with Gasteiger partial charge in [0.25, 0.3) is 0 Å². The van der Waals surface area contributed by atoms with Crippen LogP contribution < -0.4 is 9.44 Å². The van der Waals surface area contributed by atoms with Crippen molar-refractivity contribution in [2.45, 2.75) is 41.4 Å². The lowest BCUT2D eigenvalue weighted by molar-refractivity contribution is -0.192. The molecule has 1 saturated heterocycles. The van der Waals surface area contributed by atoms with Gasteiger partial charge in [-0.25, -0.2) is 31.3 Å². The van der Waals surface area contributed by atoms with E-state index in [4.69, 9.17) is 9.90 Å². The largest absolute Gasteiger partial charge is 0.490 e. The zero-order valence-corrected chi connectivity index (χ0v) is 27.9. The average Bonchev–Trinajstić information content (AvgIpc) is 3.63. The van der Waals surface area contributed by atoms with Gasteiger partial charge in [0.2, 0.25) is 26.0 Å². The molecule has 11 nitrogen and oxygen atoms in total. The first-order chi connectivity index (χ1) is 24.2. The second-order valence-electron chi connectivity index (χ2n) is 11.4. The molecule has 0 spiro atoms. The fourth-order valence-corrected chi connectivity index (χ4v) is 7.86. The molecule has 274 valence electrons. The number of fused-ring (bicyclic) bond motifs is 1. The number of hydrogen-bond acceptors (Lipinski definition) is 7. The maximum atomic E-state index is 13.6. The number of carboxylic acid groups (broad SMARTS) is 1. The highest BCUT2D eigenvalue weighted by Crippen LogP contribution is 2.33. The summed E-state index contributed by atoms with van der Waals surface area (Å²) in [6.45, 7) is 0. The van der Waals surface area contributed by atoms with E-state index in [2.05, 4.69) is 14.7 Å². The summed E-state index contributed by atoms with van der Waals surface area (Å²) < 4.78 is 128. The number of carbonyl (C=O) groups is 2. The van der Waals surface area contributed by atoms with Crippen LogP contribution in [0, 0.1) is 0 Å². The van der Waals surface area contributed by atoms with Crippen molar-refractivity contribution in [2.75, 3.05) is 0 Å². The molecule has 0 bridgehead atoms. The minimum atomic E-state index is -5.08. The normalized spacial score (nSPS) is 16.5. The topological polar surface area (TPSA) is 175 Å². The smallest absolute Gasteiger partial charge is 0.475 e. The number of imidazole rings is 1. The number of nitrogens with zero attached hydrogens (tertiary/aromatic N) is 1. The lowest BCUT2D eigenvalue weighted by Crippen LogP contribution is -2.31. The first kappa shape index (κ1) is 38.0. The van der Waals surface area contributed by atoms with Crippen LogP contribution in [0.3, 0.4) is 0 Å². The molecule has 0 aliphatic carbocycles. The van der Waals surface area contributed by atoms with E-state index < -0.39 is 61.1 Å². The number of H-pyrrole nitrogens is 1. The fourth-order valence-electron chi connectivity index (χ4n) is 5.23. The Balaban J connectivity index is 0.000000679. The number of aromatic nitrogens is 2. The van der Waals surface area contributed by atoms with Gasteiger partial charge in [-0.1, -0.05) is 66.7 Å². The lowest BCUT2D eigenvalue weighted by Gasteiger charge is -2.18. The standard InChI is InChI=1S/C31H25F3N4O5S2.C2HF3O2/c32-31(33,34)23-12-15-25-26(17-23)36-30(35-25)27(16-19-6-8-22(9-7-19)28-18-29(39)38-45(28,42)43)37-44(40,41)24-13-10-21(11-14-24)20-4-2-1-3-5-20;3-2(4,5)1(6)7/h1-15,17,27-28,37H,16,18H2,(H,35,36)(H,38,39);(H,6,7)/t27-,28+;/m0./s1. The highest BCUT2D eigenvalue weighted by atomic mass is 32.2. The Morgan fingerprint density at radius 1 is 0.904 bits per heavy atom. The highest BCUT2D eigenvalue weighted by molar-refractivity contribution is 7.90. The molecule has 52 heavy (non-hydrogen) atoms. The van der Waals surface area contributed by atoms with Crippen LogP contribution in [-0.4, -0.2) is 50.0 Å². The van der Waals surface area contributed by atoms with Crippen LogP contribution in [-0.2, 0) is 42.2 Å². The molecule has 1 fully saturated rings. The first-order valence-corrected chi connectivity index (χ1v) is 17.9. The van der Waals surface area contributed by atoms with Crippen LogP contribution in [0.4, 0.5) is 26.3 Å². The number of aliphatic carboxylic acids is 1. The molecule has 0 saturated carbocycles. The molecule has 4 aromatic carbocycles. The van der Waals surface area contributed by atoms with Gasteiger partial charge < -0.3 is 10.1 Å². The summed E-state index contributed by atoms with van der Waals surface area (Å²) in [6, 6.07) is 23.9. The molecule has 0 radical (unpaired) electrons. The second-order valence-corrected chi connectivity index (χ2v) is 15.0. The van der Waals surface area contributed by atoms with E-state index in [1.165, 1.54) is 18.2 Å². The van der Waals surface area contributed by atoms with Gasteiger partial charge in [-0.15, -0.1) is 0 Å². The number of benzene rings is 4. The molecule has 1 amide bonds. The van der Waals surface area contributed by atoms with E-state index >= 15 is 0 Å². The quantitative estimate of drug-likeness (QED) is 0.138. The molecular formula is C33H26F6N4O7S2. The van der Waals surface area contributed by atoms with Gasteiger partial charge >= 0.3 is 18.3 Å². The SMILES string of the molecule is O=C(O)C(F)(F)F.O=C1C[C@H](c2ccc(C[C@H](NS(=O)(=O)c3ccc(-c4ccccc4)cc3)c3nc4ccc(C(F)(F)F)cc4[nH]3)cc2)S(=O)(=O)N1. The summed E-state index contributed by atoms with van der Waals surface area (Å²) in [5.74, 6) is -3.27. The molecule has 1 aromatic heterocycles. The molecule has 1 aliphatic heterocycles. The minimum absolute atomic E-state index is 0.0160. The van der Waals surface area contributed by atoms with Gasteiger partial charge in [-0.2, -0.15) is 26.3 Å². The van der Waals surface area contributed by atoms with Gasteiger partial charge in [0.1, 0.15) is 11.1 Å². The number of aromatic amines is 1. The number of amides is 1. The van der Waals surface area contributed by atoms with E-state index in [1.54, 1.807) is 36.4 Å². The third-order valence-electron chi connectivity index (χ3n) is 7.76. The van der Waals surface area contributed by atoms with Crippen LogP contribution in [0.15, 0.2) is 102 Å². The molecule has 6 rings (SSSR count). The van der Waals surface area contributed by atoms with Gasteiger partial charge in [0, 0.05) is 0 Å². The summed E-state index contributed by atoms with van der Waals surface area (Å²) in [7, 11) is -8.01. The minimum Gasteiger partial charge on any atom is -0.475 e. The van der Waals surface area contributed by atoms with Crippen molar-refractivity contribution in [1.82, 2.24) is 19.4 Å². The summed E-state index contributed by atoms with van der Waals surface area (Å²) in [5, 5.41) is 6.07. The van der Waals surface area contributed by atoms with Crippen LogP contribution in [0.1, 0.15) is 40.2 Å². The van der Waals surface area contributed by atoms with Crippen molar-refractivity contribution >= 4 is 43.0 Å². The van der Waals surface area contributed by atoms with Crippen molar-refractivity contribution in [3.8, 4) is 11.1 Å². The van der Waals surface area contributed by atoms with Crippen LogP contribution in [0.25, 0.3) is 22.2 Å². The van der Waals surface area contributed by atoms with Crippen molar-refractivity contribution < 1.29 is 57.9 Å². The van der Waals surface area contributed by atoms with Crippen LogP contribution >= 0.6 is 0 Å². The van der Waals surface area contributed by atoms with Gasteiger partial charge in [0.05, 0.1) is 34.0 Å². The van der Waals surface area contributed by atoms with Crippen molar-refractivity contribution in [3.63, 3.8) is 0 Å². The zero-order chi connectivity index (χ0) is 38.1. The number of nitrogens with one attached hydrogen (secondary N) is 3. The first-order valence-electron chi connectivity index (χ1n) is 14.9. The third-order valence-corrected chi connectivity index (χ3v) is 10.9. The van der Waals surface area contributed by atoms with Crippen LogP contribution in [0.5, 0.6) is 0 Å². The molecule has 1 aliphatic rings. The van der Waals surface area contributed by atoms with Crippen LogP contribution in [0.2, 0.25) is 0 Å². The Morgan fingerprint density at radius 2 is 1.50 bits per heavy atom. The number of carboxylic acids is 1. The Hall–Kier alpha value is -5.27. The van der Waals surface area contributed by atoms with Crippen molar-refractivity contribution in [1.29, 1.82) is 0 Å². The summed E-state index contributed by atoms with van der Waals surface area (Å²) in [5.41, 5.74) is 2.09. The monoisotopic (exact) mass is 768 g/mol. The summed E-state index contributed by atoms with van der Waals surface area (Å²) >= 11 is 0. The number of carbonyl (C=O) groups excluding carboxylic acids is 1. The molecule has 4 N–H and O–H groups in total. The maximum absolute atomic E-state index is 13.6. The Labute approximate surface area is 291 Å². The predicted molar refractivity (Wildman–Crippen MR) is 174 cm³/mol. The van der Waals surface area contributed by atoms with E-state index in [9.17, 15) is 48.0 Å². The average molecular weight is 769 g/mol. The molecule has 5 aromatic rings. The van der Waals surface area contributed by atoms with Crippen molar-refractivity contribution in [3.05, 3.63) is 120 Å². The van der Waals surface area contributed by atoms with Gasteiger partial charge in [0.15, 0.2) is 0 Å². The number of alkyl halides is 6. The van der Waals surface area contributed by atoms with Gasteiger partial charge in [-0.3, -0.25) is 9.52 Å². The molecular weight excluding hydrogens is 743 g/mol. The molecule has 19 heteroatoms. The Morgan fingerprint density at radius 3 is 2.04 bits per heavy atom. The fraction of sp³-hybridized carbons (Fsp3) is 0.182. The number of halogens is 6. The highest BCUT2D eigenvalue weighted by Gasteiger charge is 2.39. The van der Waals surface area contributed by atoms with Gasteiger partial charge in [-0.05, 0) is 59.0 Å². The Bertz CT molecular complexity index is 2310. The maximum Gasteiger partial charge on any atom is 0.490 e. The van der Waals surface area contributed by atoms with Crippen molar-refractivity contribution in [2.24, 2.45) is 0 Å². The molecule has 2 heterocycles. The summed E-state index contributed by atoms with van der Waals surface area (Å²) in [4.78, 5) is 27.8. The predicted octanol–water partition coefficient (Wildman–Crippen LogP) is 6.04.